The van der Waals surface area contributed by atoms with E-state index in [4.69, 9.17) is 9.47 Å². The average Bonchev–Trinajstić information content (AvgIpc) is 2.63. The summed E-state index contributed by atoms with van der Waals surface area (Å²) in [5.41, 5.74) is 1.96. The van der Waals surface area contributed by atoms with Crippen LogP contribution in [0.5, 0.6) is 5.75 Å². The number of aromatic nitrogens is 1. The molecule has 126 valence electrons. The molecule has 2 aromatic rings. The maximum Gasteiger partial charge on any atom is 0.244 e. The molecule has 1 N–H and O–H groups in total. The van der Waals surface area contributed by atoms with E-state index in [1.165, 1.54) is 6.08 Å². The van der Waals surface area contributed by atoms with Crippen LogP contribution in [0.3, 0.4) is 0 Å². The molecular weight excluding hydrogens is 304 g/mol. The molecule has 24 heavy (non-hydrogen) atoms. The zero-order valence-electron chi connectivity index (χ0n) is 13.8. The monoisotopic (exact) mass is 326 g/mol. The second-order valence-corrected chi connectivity index (χ2v) is 5.19. The fraction of sp³-hybridized carbons (Fsp3) is 0.263. The van der Waals surface area contributed by atoms with Crippen molar-refractivity contribution in [1.29, 1.82) is 0 Å². The molecule has 2 rings (SSSR count). The van der Waals surface area contributed by atoms with Gasteiger partial charge in [0.25, 0.3) is 0 Å². The first-order valence-electron chi connectivity index (χ1n) is 7.84. The largest absolute Gasteiger partial charge is 0.489 e. The van der Waals surface area contributed by atoms with Crippen LogP contribution in [0.15, 0.2) is 54.9 Å². The Hall–Kier alpha value is -2.66. The van der Waals surface area contributed by atoms with Crippen LogP contribution < -0.4 is 10.1 Å². The van der Waals surface area contributed by atoms with E-state index in [0.29, 0.717) is 19.8 Å². The molecule has 0 bridgehead atoms. The first-order chi connectivity index (χ1) is 11.8. The van der Waals surface area contributed by atoms with Gasteiger partial charge in [-0.05, 0) is 36.3 Å². The standard InChI is InChI=1S/C19H22N2O3/c1-23-13-3-12-21-19(22)10-7-16-5-8-18(9-6-16)24-15-17-4-2-11-20-14-17/h2,4-11,14H,3,12-13,15H2,1H3,(H,21,22)/b10-7+. The van der Waals surface area contributed by atoms with E-state index < -0.39 is 0 Å². The van der Waals surface area contributed by atoms with E-state index >= 15 is 0 Å². The highest BCUT2D eigenvalue weighted by atomic mass is 16.5. The van der Waals surface area contributed by atoms with Gasteiger partial charge in [0.15, 0.2) is 0 Å². The van der Waals surface area contributed by atoms with Gasteiger partial charge in [-0.2, -0.15) is 0 Å². The molecule has 1 amide bonds. The predicted molar refractivity (Wildman–Crippen MR) is 93.5 cm³/mol. The molecule has 0 aliphatic rings. The van der Waals surface area contributed by atoms with Crippen LogP contribution >= 0.6 is 0 Å². The van der Waals surface area contributed by atoms with Gasteiger partial charge in [0, 0.05) is 44.3 Å². The van der Waals surface area contributed by atoms with Gasteiger partial charge in [-0.1, -0.05) is 18.2 Å². The summed E-state index contributed by atoms with van der Waals surface area (Å²) in [5.74, 6) is 0.669. The van der Waals surface area contributed by atoms with E-state index in [2.05, 4.69) is 10.3 Å². The second kappa shape index (κ2) is 10.2. The van der Waals surface area contributed by atoms with Gasteiger partial charge >= 0.3 is 0 Å². The lowest BCUT2D eigenvalue weighted by Gasteiger charge is -2.06. The summed E-state index contributed by atoms with van der Waals surface area (Å²) in [6.45, 7) is 1.73. The van der Waals surface area contributed by atoms with Crippen LogP contribution in [0.4, 0.5) is 0 Å². The Morgan fingerprint density at radius 2 is 2.08 bits per heavy atom. The van der Waals surface area contributed by atoms with Gasteiger partial charge in [-0.15, -0.1) is 0 Å². The minimum Gasteiger partial charge on any atom is -0.489 e. The first kappa shape index (κ1) is 17.7. The number of hydrogen-bond donors (Lipinski definition) is 1. The van der Waals surface area contributed by atoms with Gasteiger partial charge in [0.05, 0.1) is 0 Å². The summed E-state index contributed by atoms with van der Waals surface area (Å²) < 4.78 is 10.6. The SMILES string of the molecule is COCCCNC(=O)/C=C/c1ccc(OCc2cccnc2)cc1. The summed E-state index contributed by atoms with van der Waals surface area (Å²) >= 11 is 0. The first-order valence-corrected chi connectivity index (χ1v) is 7.84. The van der Waals surface area contributed by atoms with Crippen LogP contribution in [-0.2, 0) is 16.1 Å². The quantitative estimate of drug-likeness (QED) is 0.568. The predicted octanol–water partition coefficient (Wildman–Crippen LogP) is 2.83. The molecule has 0 atom stereocenters. The van der Waals surface area contributed by atoms with Crippen molar-refractivity contribution in [2.24, 2.45) is 0 Å². The third-order valence-electron chi connectivity index (χ3n) is 3.26. The van der Waals surface area contributed by atoms with Crippen molar-refractivity contribution in [3.8, 4) is 5.75 Å². The number of carbonyl (C=O) groups excluding carboxylic acids is 1. The third kappa shape index (κ3) is 6.62. The topological polar surface area (TPSA) is 60.5 Å². The lowest BCUT2D eigenvalue weighted by atomic mass is 10.2. The summed E-state index contributed by atoms with van der Waals surface area (Å²) in [5, 5.41) is 2.80. The van der Waals surface area contributed by atoms with Crippen LogP contribution in [0.1, 0.15) is 17.5 Å². The minimum absolute atomic E-state index is 0.108. The molecule has 0 aliphatic carbocycles. The van der Waals surface area contributed by atoms with Crippen molar-refractivity contribution in [2.75, 3.05) is 20.3 Å². The molecule has 0 unspecified atom stereocenters. The molecule has 1 aromatic heterocycles. The highest BCUT2D eigenvalue weighted by Crippen LogP contribution is 2.14. The summed E-state index contributed by atoms with van der Waals surface area (Å²) in [7, 11) is 1.64. The Morgan fingerprint density at radius 3 is 2.79 bits per heavy atom. The third-order valence-corrected chi connectivity index (χ3v) is 3.26. The van der Waals surface area contributed by atoms with E-state index in [1.807, 2.05) is 36.4 Å². The molecule has 5 nitrogen and oxygen atoms in total. The van der Waals surface area contributed by atoms with Gasteiger partial charge in [-0.3, -0.25) is 9.78 Å². The Kier molecular flexibility index (Phi) is 7.50. The molecule has 0 radical (unpaired) electrons. The molecule has 0 aliphatic heterocycles. The maximum absolute atomic E-state index is 11.6. The van der Waals surface area contributed by atoms with Crippen molar-refractivity contribution < 1.29 is 14.3 Å². The number of nitrogens with zero attached hydrogens (tertiary/aromatic N) is 1. The molecule has 1 aromatic carbocycles. The van der Waals surface area contributed by atoms with Gasteiger partial charge in [0.1, 0.15) is 12.4 Å². The molecule has 0 fully saturated rings. The zero-order chi connectivity index (χ0) is 17.0. The zero-order valence-corrected chi connectivity index (χ0v) is 13.8. The minimum atomic E-state index is -0.108. The molecule has 0 saturated carbocycles. The number of methoxy groups -OCH3 is 1. The van der Waals surface area contributed by atoms with Crippen molar-refractivity contribution in [3.05, 3.63) is 66.0 Å². The highest BCUT2D eigenvalue weighted by molar-refractivity contribution is 5.91. The van der Waals surface area contributed by atoms with E-state index in [-0.39, 0.29) is 5.91 Å². The van der Waals surface area contributed by atoms with Crippen LogP contribution in [0.2, 0.25) is 0 Å². The summed E-state index contributed by atoms with van der Waals surface area (Å²) in [4.78, 5) is 15.7. The van der Waals surface area contributed by atoms with Crippen molar-refractivity contribution in [3.63, 3.8) is 0 Å². The summed E-state index contributed by atoms with van der Waals surface area (Å²) in [6, 6.07) is 11.4. The van der Waals surface area contributed by atoms with Crippen molar-refractivity contribution >= 4 is 12.0 Å². The van der Waals surface area contributed by atoms with Gasteiger partial charge in [-0.25, -0.2) is 0 Å². The molecule has 1 heterocycles. The lowest BCUT2D eigenvalue weighted by Crippen LogP contribution is -2.22. The van der Waals surface area contributed by atoms with Gasteiger partial charge < -0.3 is 14.8 Å². The number of hydrogen-bond acceptors (Lipinski definition) is 4. The molecular formula is C19H22N2O3. The van der Waals surface area contributed by atoms with E-state index in [0.717, 1.165) is 23.3 Å². The van der Waals surface area contributed by atoms with Crippen molar-refractivity contribution in [2.45, 2.75) is 13.0 Å². The molecule has 5 heteroatoms. The number of benzene rings is 1. The van der Waals surface area contributed by atoms with Gasteiger partial charge in [0.2, 0.25) is 5.91 Å². The maximum atomic E-state index is 11.6. The smallest absolute Gasteiger partial charge is 0.244 e. The average molecular weight is 326 g/mol. The number of rotatable bonds is 9. The fourth-order valence-corrected chi connectivity index (χ4v) is 1.98. The molecule has 0 saturated heterocycles. The number of ether oxygens (including phenoxy) is 2. The lowest BCUT2D eigenvalue weighted by molar-refractivity contribution is -0.116. The fourth-order valence-electron chi connectivity index (χ4n) is 1.98. The summed E-state index contributed by atoms with van der Waals surface area (Å²) in [6.07, 6.45) is 7.62. The number of amides is 1. The van der Waals surface area contributed by atoms with Crippen molar-refractivity contribution in [1.82, 2.24) is 10.3 Å². The molecule has 0 spiro atoms. The Morgan fingerprint density at radius 1 is 1.25 bits per heavy atom. The Bertz CT molecular complexity index is 639. The number of carbonyl (C=O) groups is 1. The van der Waals surface area contributed by atoms with E-state index in [9.17, 15) is 4.79 Å². The highest BCUT2D eigenvalue weighted by Gasteiger charge is 1.97. The van der Waals surface area contributed by atoms with E-state index in [1.54, 1.807) is 25.6 Å². The van der Waals surface area contributed by atoms with Crippen LogP contribution in [-0.4, -0.2) is 31.2 Å². The Labute approximate surface area is 142 Å². The second-order valence-electron chi connectivity index (χ2n) is 5.19. The van der Waals surface area contributed by atoms with Crippen LogP contribution in [0, 0.1) is 0 Å². The number of nitrogens with one attached hydrogen (secondary N) is 1. The van der Waals surface area contributed by atoms with Crippen LogP contribution in [0.25, 0.3) is 6.08 Å². The normalized spacial score (nSPS) is 10.7. The number of pyridine rings is 1. The Balaban J connectivity index is 1.77.